The fourth-order valence-electron chi connectivity index (χ4n) is 1.05. The molecule has 16 heavy (non-hydrogen) atoms. The van der Waals surface area contributed by atoms with Crippen molar-refractivity contribution in [3.8, 4) is 11.8 Å². The minimum absolute atomic E-state index is 0.0122. The Kier molecular flexibility index (Phi) is 4.58. The molecular formula is C11H8FN3O. The van der Waals surface area contributed by atoms with E-state index in [4.69, 9.17) is 5.53 Å². The van der Waals surface area contributed by atoms with Crippen LogP contribution in [0.2, 0.25) is 0 Å². The fourth-order valence-corrected chi connectivity index (χ4v) is 1.05. The van der Waals surface area contributed by atoms with E-state index in [-0.39, 0.29) is 17.7 Å². The summed E-state index contributed by atoms with van der Waals surface area (Å²) in [6, 6.07) is 4.43. The monoisotopic (exact) mass is 217 g/mol. The second-order valence-corrected chi connectivity index (χ2v) is 2.83. The number of halogens is 1. The molecule has 1 aromatic carbocycles. The minimum Gasteiger partial charge on any atom is -0.298 e. The van der Waals surface area contributed by atoms with Crippen molar-refractivity contribution in [3.05, 3.63) is 45.6 Å². The highest BCUT2D eigenvalue weighted by atomic mass is 19.1. The van der Waals surface area contributed by atoms with Crippen LogP contribution in [0.3, 0.4) is 0 Å². The van der Waals surface area contributed by atoms with Crippen LogP contribution in [0, 0.1) is 17.7 Å². The lowest BCUT2D eigenvalue weighted by atomic mass is 10.1. The highest BCUT2D eigenvalue weighted by Crippen LogP contribution is 2.09. The van der Waals surface area contributed by atoms with Crippen molar-refractivity contribution in [1.29, 1.82) is 0 Å². The topological polar surface area (TPSA) is 65.8 Å². The van der Waals surface area contributed by atoms with Gasteiger partial charge in [0.25, 0.3) is 0 Å². The van der Waals surface area contributed by atoms with Gasteiger partial charge < -0.3 is 0 Å². The first-order chi connectivity index (χ1) is 7.79. The van der Waals surface area contributed by atoms with Gasteiger partial charge in [-0.3, -0.25) is 4.79 Å². The van der Waals surface area contributed by atoms with Gasteiger partial charge in [-0.1, -0.05) is 23.0 Å². The fraction of sp³-hybridized carbons (Fsp3) is 0.182. The summed E-state index contributed by atoms with van der Waals surface area (Å²) in [5.74, 6) is 4.62. The van der Waals surface area contributed by atoms with Crippen molar-refractivity contribution in [2.45, 2.75) is 6.42 Å². The quantitative estimate of drug-likeness (QED) is 0.192. The summed E-state index contributed by atoms with van der Waals surface area (Å²) in [6.45, 7) is 0.249. The van der Waals surface area contributed by atoms with E-state index in [0.29, 0.717) is 12.7 Å². The molecule has 0 aliphatic rings. The van der Waals surface area contributed by atoms with Gasteiger partial charge >= 0.3 is 0 Å². The molecule has 0 aromatic heterocycles. The zero-order valence-electron chi connectivity index (χ0n) is 8.35. The lowest BCUT2D eigenvalue weighted by molar-refractivity contribution is 0.112. The molecule has 0 saturated heterocycles. The number of azide groups is 1. The Morgan fingerprint density at radius 3 is 3.06 bits per heavy atom. The van der Waals surface area contributed by atoms with Gasteiger partial charge in [-0.15, -0.1) is 0 Å². The standard InChI is InChI=1S/C11H8FN3O/c12-11-9(4-1-2-7-14-15-13)5-3-6-10(11)8-16/h3,5-6,8H,2,7H2. The van der Waals surface area contributed by atoms with Crippen LogP contribution in [0.1, 0.15) is 22.3 Å². The Morgan fingerprint density at radius 1 is 1.56 bits per heavy atom. The minimum atomic E-state index is -0.617. The maximum Gasteiger partial charge on any atom is 0.153 e. The number of rotatable bonds is 3. The predicted octanol–water partition coefficient (Wildman–Crippen LogP) is 2.69. The molecule has 0 heterocycles. The Balaban J connectivity index is 2.80. The van der Waals surface area contributed by atoms with Crippen molar-refractivity contribution in [2.24, 2.45) is 5.11 Å². The molecule has 0 atom stereocenters. The molecular weight excluding hydrogens is 209 g/mol. The van der Waals surface area contributed by atoms with Crippen molar-refractivity contribution in [2.75, 3.05) is 6.54 Å². The molecule has 0 unspecified atom stereocenters. The van der Waals surface area contributed by atoms with Crippen molar-refractivity contribution < 1.29 is 9.18 Å². The molecule has 0 amide bonds. The number of nitrogens with zero attached hydrogens (tertiary/aromatic N) is 3. The van der Waals surface area contributed by atoms with Crippen molar-refractivity contribution >= 4 is 6.29 Å². The van der Waals surface area contributed by atoms with Crippen LogP contribution in [0.5, 0.6) is 0 Å². The molecule has 80 valence electrons. The first-order valence-electron chi connectivity index (χ1n) is 4.53. The molecule has 0 radical (unpaired) electrons. The van der Waals surface area contributed by atoms with Crippen molar-refractivity contribution in [1.82, 2.24) is 0 Å². The molecule has 0 bridgehead atoms. The Hall–Kier alpha value is -2.31. The molecule has 5 heteroatoms. The number of aldehydes is 1. The zero-order valence-corrected chi connectivity index (χ0v) is 8.35. The van der Waals surface area contributed by atoms with Crippen molar-refractivity contribution in [3.63, 3.8) is 0 Å². The van der Waals surface area contributed by atoms with Crippen LogP contribution >= 0.6 is 0 Å². The largest absolute Gasteiger partial charge is 0.298 e. The van der Waals surface area contributed by atoms with Gasteiger partial charge in [0.1, 0.15) is 5.82 Å². The van der Waals surface area contributed by atoms with Crippen LogP contribution in [0.25, 0.3) is 10.4 Å². The second-order valence-electron chi connectivity index (χ2n) is 2.83. The highest BCUT2D eigenvalue weighted by Gasteiger charge is 2.03. The molecule has 1 aromatic rings. The van der Waals surface area contributed by atoms with Gasteiger partial charge in [0.15, 0.2) is 6.29 Å². The first kappa shape index (κ1) is 11.8. The summed E-state index contributed by atoms with van der Waals surface area (Å²) < 4.78 is 13.4. The lowest BCUT2D eigenvalue weighted by Crippen LogP contribution is -1.91. The Labute approximate surface area is 91.7 Å². The molecule has 0 aliphatic heterocycles. The van der Waals surface area contributed by atoms with Crippen LogP contribution in [-0.2, 0) is 0 Å². The van der Waals surface area contributed by atoms with E-state index in [9.17, 15) is 9.18 Å². The summed E-state index contributed by atoms with van der Waals surface area (Å²) in [7, 11) is 0. The third-order valence-corrected chi connectivity index (χ3v) is 1.78. The third kappa shape index (κ3) is 3.12. The number of hydrogen-bond donors (Lipinski definition) is 0. The molecule has 0 spiro atoms. The molecule has 1 rings (SSSR count). The van der Waals surface area contributed by atoms with Crippen LogP contribution in [-0.4, -0.2) is 12.8 Å². The van der Waals surface area contributed by atoms with E-state index in [2.05, 4.69) is 21.9 Å². The smallest absolute Gasteiger partial charge is 0.153 e. The van der Waals surface area contributed by atoms with Crippen LogP contribution in [0.15, 0.2) is 23.3 Å². The van der Waals surface area contributed by atoms with Gasteiger partial charge in [0.2, 0.25) is 0 Å². The average Bonchev–Trinajstić information content (AvgIpc) is 2.31. The van der Waals surface area contributed by atoms with E-state index in [0.717, 1.165) is 0 Å². The Bertz CT molecular complexity index is 496. The molecule has 0 N–H and O–H groups in total. The van der Waals surface area contributed by atoms with E-state index >= 15 is 0 Å². The van der Waals surface area contributed by atoms with Crippen LogP contribution < -0.4 is 0 Å². The van der Waals surface area contributed by atoms with Gasteiger partial charge in [-0.2, -0.15) is 0 Å². The normalized spacial score (nSPS) is 8.56. The van der Waals surface area contributed by atoms with E-state index < -0.39 is 5.82 Å². The average molecular weight is 217 g/mol. The number of carbonyl (C=O) groups is 1. The summed E-state index contributed by atoms with van der Waals surface area (Å²) in [5, 5.41) is 3.29. The SMILES string of the molecule is [N-]=[N+]=NCCC#Cc1cccc(C=O)c1F. The maximum absolute atomic E-state index is 13.4. The van der Waals surface area contributed by atoms with E-state index in [1.165, 1.54) is 12.1 Å². The molecule has 0 fully saturated rings. The number of carbonyl (C=O) groups excluding carboxylic acids is 1. The summed E-state index contributed by atoms with van der Waals surface area (Å²) >= 11 is 0. The predicted molar refractivity (Wildman–Crippen MR) is 57.3 cm³/mol. The maximum atomic E-state index is 13.4. The molecule has 0 saturated carbocycles. The Morgan fingerprint density at radius 2 is 2.38 bits per heavy atom. The first-order valence-corrected chi connectivity index (χ1v) is 4.53. The number of benzene rings is 1. The summed E-state index contributed by atoms with van der Waals surface area (Å²) in [5.41, 5.74) is 8.17. The molecule has 0 aliphatic carbocycles. The van der Waals surface area contributed by atoms with Gasteiger partial charge in [0, 0.05) is 17.9 Å². The number of hydrogen-bond acceptors (Lipinski definition) is 2. The van der Waals surface area contributed by atoms with Gasteiger partial charge in [-0.25, -0.2) is 4.39 Å². The zero-order chi connectivity index (χ0) is 11.8. The molecule has 4 nitrogen and oxygen atoms in total. The summed E-state index contributed by atoms with van der Waals surface area (Å²) in [6.07, 6.45) is 0.801. The second kappa shape index (κ2) is 6.23. The lowest BCUT2D eigenvalue weighted by Gasteiger charge is -1.96. The summed E-state index contributed by atoms with van der Waals surface area (Å²) in [4.78, 5) is 13.0. The van der Waals surface area contributed by atoms with Gasteiger partial charge in [0.05, 0.1) is 11.1 Å². The van der Waals surface area contributed by atoms with Gasteiger partial charge in [-0.05, 0) is 17.7 Å². The van der Waals surface area contributed by atoms with E-state index in [1.54, 1.807) is 6.07 Å². The highest BCUT2D eigenvalue weighted by molar-refractivity contribution is 5.76. The van der Waals surface area contributed by atoms with E-state index in [1.807, 2.05) is 0 Å². The van der Waals surface area contributed by atoms with Crippen LogP contribution in [0.4, 0.5) is 4.39 Å². The third-order valence-electron chi connectivity index (χ3n) is 1.78.